The van der Waals surface area contributed by atoms with E-state index in [-0.39, 0.29) is 5.43 Å². The molecule has 0 spiro atoms. The van der Waals surface area contributed by atoms with Crippen LogP contribution in [0.1, 0.15) is 5.56 Å². The van der Waals surface area contributed by atoms with E-state index in [1.54, 1.807) is 24.2 Å². The molecule has 1 aliphatic heterocycles. The lowest BCUT2D eigenvalue weighted by Gasteiger charge is -2.34. The highest BCUT2D eigenvalue weighted by Crippen LogP contribution is 2.15. The molecular formula is C14H16BN5O2. The van der Waals surface area contributed by atoms with Gasteiger partial charge in [0.05, 0.1) is 5.39 Å². The number of hydrogen-bond acceptors (Lipinski definition) is 5. The van der Waals surface area contributed by atoms with Gasteiger partial charge in [0.2, 0.25) is 13.8 Å². The van der Waals surface area contributed by atoms with Crippen LogP contribution < -0.4 is 10.3 Å². The molecule has 3 rings (SSSR count). The fraction of sp³-hybridized carbons (Fsp3) is 0.429. The Balaban J connectivity index is 1.93. The number of amides is 1. The van der Waals surface area contributed by atoms with E-state index in [1.807, 2.05) is 16.5 Å². The van der Waals surface area contributed by atoms with E-state index in [0.29, 0.717) is 48.7 Å². The average Bonchev–Trinajstić information content (AvgIpc) is 2.52. The van der Waals surface area contributed by atoms with Gasteiger partial charge in [0, 0.05) is 51.2 Å². The molecule has 0 saturated carbocycles. The molecule has 7 nitrogen and oxygen atoms in total. The Labute approximate surface area is 129 Å². The Morgan fingerprint density at radius 1 is 1.27 bits per heavy atom. The van der Waals surface area contributed by atoms with Crippen LogP contribution >= 0.6 is 0 Å². The third-order valence-corrected chi connectivity index (χ3v) is 3.95. The number of rotatable bonds is 1. The molecule has 0 atom stereocenters. The molecule has 1 fully saturated rings. The number of aryl methyl sites for hydroxylation is 2. The first-order valence-corrected chi connectivity index (χ1v) is 7.09. The first-order valence-electron chi connectivity index (χ1n) is 7.09. The van der Waals surface area contributed by atoms with E-state index in [1.165, 1.54) is 0 Å². The van der Waals surface area contributed by atoms with E-state index in [2.05, 4.69) is 9.97 Å². The number of carbonyl (C=O) groups is 1. The third-order valence-electron chi connectivity index (χ3n) is 3.95. The third kappa shape index (κ3) is 2.45. The summed E-state index contributed by atoms with van der Waals surface area (Å²) in [5.74, 6) is 0.160. The quantitative estimate of drug-likeness (QED) is 0.695. The number of hydrogen-bond donors (Lipinski definition) is 0. The number of anilines is 1. The van der Waals surface area contributed by atoms with Crippen molar-refractivity contribution < 1.29 is 4.79 Å². The van der Waals surface area contributed by atoms with Crippen molar-refractivity contribution in [3.63, 3.8) is 0 Å². The van der Waals surface area contributed by atoms with Gasteiger partial charge in [-0.05, 0) is 6.92 Å². The summed E-state index contributed by atoms with van der Waals surface area (Å²) in [6, 6.07) is 0. The van der Waals surface area contributed by atoms with Crippen LogP contribution in [0.3, 0.4) is 0 Å². The van der Waals surface area contributed by atoms with E-state index in [4.69, 9.17) is 7.85 Å². The van der Waals surface area contributed by atoms with Crippen molar-refractivity contribution in [1.82, 2.24) is 19.4 Å². The zero-order valence-electron chi connectivity index (χ0n) is 12.6. The van der Waals surface area contributed by atoms with Crippen LogP contribution in [0.25, 0.3) is 11.0 Å². The summed E-state index contributed by atoms with van der Waals surface area (Å²) in [4.78, 5) is 35.7. The van der Waals surface area contributed by atoms with Gasteiger partial charge in [-0.25, -0.2) is 4.98 Å². The zero-order valence-corrected chi connectivity index (χ0v) is 12.6. The van der Waals surface area contributed by atoms with Crippen LogP contribution in [0.4, 0.5) is 10.7 Å². The van der Waals surface area contributed by atoms with Gasteiger partial charge in [0.15, 0.2) is 11.2 Å². The Morgan fingerprint density at radius 2 is 1.95 bits per heavy atom. The lowest BCUT2D eigenvalue weighted by molar-refractivity contribution is 0.218. The molecule has 2 aromatic heterocycles. The molecular weight excluding hydrogens is 281 g/mol. The summed E-state index contributed by atoms with van der Waals surface area (Å²) in [7, 11) is 7.13. The molecule has 0 aliphatic carbocycles. The molecule has 22 heavy (non-hydrogen) atoms. The number of pyridine rings is 1. The molecule has 0 N–H and O–H groups in total. The Morgan fingerprint density at radius 3 is 2.59 bits per heavy atom. The minimum Gasteiger partial charge on any atom is -0.349 e. The molecule has 0 unspecified atom stereocenters. The van der Waals surface area contributed by atoms with Crippen molar-refractivity contribution in [2.75, 3.05) is 31.1 Å². The monoisotopic (exact) mass is 297 g/mol. The number of carbonyl (C=O) groups excluding carboxylic acids is 1. The second-order valence-electron chi connectivity index (χ2n) is 5.47. The van der Waals surface area contributed by atoms with Gasteiger partial charge in [0.1, 0.15) is 5.65 Å². The van der Waals surface area contributed by atoms with E-state index < -0.39 is 5.81 Å². The standard InChI is InChI=1S/C14H16BN5O2/c1-9-8-18(2)12-10(11(9)21)7-16-14(17-12)20-5-3-19(4-6-20)13(15)22/h7-8H,3-6H2,1-2H3. The van der Waals surface area contributed by atoms with Crippen molar-refractivity contribution in [3.05, 3.63) is 28.2 Å². The van der Waals surface area contributed by atoms with Gasteiger partial charge < -0.3 is 14.4 Å². The Bertz CT molecular complexity index is 796. The molecule has 1 amide bonds. The molecule has 0 aromatic carbocycles. The fourth-order valence-electron chi connectivity index (χ4n) is 2.69. The minimum atomic E-state index is -0.406. The highest BCUT2D eigenvalue weighted by molar-refractivity contribution is 6.56. The maximum Gasteiger partial charge on any atom is 0.227 e. The molecule has 3 heterocycles. The van der Waals surface area contributed by atoms with Crippen LogP contribution in [0.2, 0.25) is 0 Å². The van der Waals surface area contributed by atoms with Crippen LogP contribution in [0, 0.1) is 6.92 Å². The fourth-order valence-corrected chi connectivity index (χ4v) is 2.69. The highest BCUT2D eigenvalue weighted by Gasteiger charge is 2.20. The lowest BCUT2D eigenvalue weighted by atomic mass is 10.1. The van der Waals surface area contributed by atoms with Crippen molar-refractivity contribution >= 4 is 30.6 Å². The smallest absolute Gasteiger partial charge is 0.227 e. The zero-order chi connectivity index (χ0) is 15.9. The normalized spacial score (nSPS) is 15.4. The highest BCUT2D eigenvalue weighted by atomic mass is 16.1. The number of piperazine rings is 1. The van der Waals surface area contributed by atoms with Gasteiger partial charge >= 0.3 is 0 Å². The summed E-state index contributed by atoms with van der Waals surface area (Å²) in [6.07, 6.45) is 3.35. The van der Waals surface area contributed by atoms with E-state index in [9.17, 15) is 9.59 Å². The lowest BCUT2D eigenvalue weighted by Crippen LogP contribution is -2.49. The van der Waals surface area contributed by atoms with Gasteiger partial charge in [-0.2, -0.15) is 4.98 Å². The molecule has 2 radical (unpaired) electrons. The van der Waals surface area contributed by atoms with Crippen molar-refractivity contribution in [1.29, 1.82) is 0 Å². The summed E-state index contributed by atoms with van der Waals surface area (Å²) < 4.78 is 1.83. The minimum absolute atomic E-state index is 0.0433. The maximum absolute atomic E-state index is 12.1. The molecule has 1 aliphatic rings. The molecule has 2 aromatic rings. The summed E-state index contributed by atoms with van der Waals surface area (Å²) in [6.45, 7) is 4.11. The summed E-state index contributed by atoms with van der Waals surface area (Å²) in [5, 5.41) is 0.516. The van der Waals surface area contributed by atoms with Gasteiger partial charge in [-0.3, -0.25) is 9.59 Å². The summed E-state index contributed by atoms with van der Waals surface area (Å²) >= 11 is 0. The first kappa shape index (κ1) is 14.6. The van der Waals surface area contributed by atoms with Gasteiger partial charge in [0.25, 0.3) is 0 Å². The predicted molar refractivity (Wildman–Crippen MR) is 84.5 cm³/mol. The summed E-state index contributed by atoms with van der Waals surface area (Å²) in [5.41, 5.74) is 1.23. The SMILES string of the molecule is [B]C(=O)N1CCN(c2ncc3c(=O)c(C)cn(C)c3n2)CC1. The van der Waals surface area contributed by atoms with Gasteiger partial charge in [-0.15, -0.1) is 0 Å². The van der Waals surface area contributed by atoms with Crippen molar-refractivity contribution in [2.45, 2.75) is 6.92 Å². The number of aromatic nitrogens is 3. The van der Waals surface area contributed by atoms with Crippen LogP contribution in [-0.2, 0) is 7.05 Å². The number of nitrogens with zero attached hydrogens (tertiary/aromatic N) is 5. The second-order valence-corrected chi connectivity index (χ2v) is 5.47. The Kier molecular flexibility index (Phi) is 3.60. The van der Waals surface area contributed by atoms with Gasteiger partial charge in [-0.1, -0.05) is 0 Å². The molecule has 8 heteroatoms. The predicted octanol–water partition coefficient (Wildman–Crippen LogP) is 0.0474. The van der Waals surface area contributed by atoms with E-state index >= 15 is 0 Å². The van der Waals surface area contributed by atoms with Crippen LogP contribution in [-0.4, -0.2) is 59.3 Å². The number of fused-ring (bicyclic) bond motifs is 1. The van der Waals surface area contributed by atoms with Crippen LogP contribution in [0.5, 0.6) is 0 Å². The first-order chi connectivity index (χ1) is 10.5. The topological polar surface area (TPSA) is 71.3 Å². The van der Waals surface area contributed by atoms with E-state index in [0.717, 1.165) is 0 Å². The van der Waals surface area contributed by atoms with Crippen molar-refractivity contribution in [3.8, 4) is 0 Å². The average molecular weight is 297 g/mol. The molecule has 0 bridgehead atoms. The maximum atomic E-state index is 12.1. The molecule has 1 saturated heterocycles. The Hall–Kier alpha value is -2.38. The van der Waals surface area contributed by atoms with Crippen molar-refractivity contribution in [2.24, 2.45) is 7.05 Å². The molecule has 112 valence electrons. The van der Waals surface area contributed by atoms with Crippen LogP contribution in [0.15, 0.2) is 17.2 Å². The second kappa shape index (κ2) is 5.44. The largest absolute Gasteiger partial charge is 0.349 e.